The molecule has 0 atom stereocenters. The highest BCUT2D eigenvalue weighted by Gasteiger charge is 1.96. The van der Waals surface area contributed by atoms with E-state index in [1.165, 1.54) is 0 Å². The van der Waals surface area contributed by atoms with Crippen molar-refractivity contribution in [3.05, 3.63) is 35.9 Å². The normalized spacial score (nSPS) is 9.94. The van der Waals surface area contributed by atoms with Crippen LogP contribution in [-0.4, -0.2) is 17.7 Å². The molecule has 3 nitrogen and oxygen atoms in total. The summed E-state index contributed by atoms with van der Waals surface area (Å²) < 4.78 is 4.81. The molecule has 0 amide bonds. The second kappa shape index (κ2) is 7.49. The standard InChI is InChI=1S/C13H13NO2S/c1-2-16-13(15)5-3-4-11-6-8-12(9-7-11)14-10-17/h3-4,6-9H,2,5H2,1H3. The molecule has 0 spiro atoms. The molecule has 1 rings (SSSR count). The lowest BCUT2D eigenvalue weighted by molar-refractivity contribution is -0.142. The summed E-state index contributed by atoms with van der Waals surface area (Å²) in [5.74, 6) is -0.217. The molecule has 0 N–H and O–H groups in total. The molecule has 0 bridgehead atoms. The number of hydrogen-bond acceptors (Lipinski definition) is 4. The van der Waals surface area contributed by atoms with E-state index in [2.05, 4.69) is 22.4 Å². The number of thiocarbonyl (C=S) groups is 1. The summed E-state index contributed by atoms with van der Waals surface area (Å²) in [5, 5.41) is 2.30. The molecule has 17 heavy (non-hydrogen) atoms. The second-order valence-corrected chi connectivity index (χ2v) is 3.39. The zero-order valence-corrected chi connectivity index (χ0v) is 10.4. The van der Waals surface area contributed by atoms with Crippen molar-refractivity contribution >= 4 is 35.1 Å². The minimum Gasteiger partial charge on any atom is -0.466 e. The molecule has 0 aliphatic rings. The smallest absolute Gasteiger partial charge is 0.309 e. The van der Waals surface area contributed by atoms with Crippen molar-refractivity contribution in [2.75, 3.05) is 6.61 Å². The minimum absolute atomic E-state index is 0.217. The first-order chi connectivity index (χ1) is 8.26. The van der Waals surface area contributed by atoms with Gasteiger partial charge in [-0.25, -0.2) is 0 Å². The van der Waals surface area contributed by atoms with Crippen LogP contribution >= 0.6 is 12.2 Å². The maximum Gasteiger partial charge on any atom is 0.309 e. The molecule has 0 heterocycles. The van der Waals surface area contributed by atoms with Crippen LogP contribution in [0.15, 0.2) is 35.3 Å². The third kappa shape index (κ3) is 5.20. The Labute approximate surface area is 106 Å². The highest BCUT2D eigenvalue weighted by atomic mass is 32.1. The molecule has 0 radical (unpaired) electrons. The fraction of sp³-hybridized carbons (Fsp3) is 0.231. The first kappa shape index (κ1) is 13.3. The van der Waals surface area contributed by atoms with Crippen LogP contribution in [0.1, 0.15) is 18.9 Å². The zero-order valence-electron chi connectivity index (χ0n) is 9.55. The molecule has 0 fully saturated rings. The SMILES string of the molecule is CCOC(=O)CC=Cc1ccc(N=C=S)cc1. The van der Waals surface area contributed by atoms with Gasteiger partial charge in [-0.1, -0.05) is 24.3 Å². The summed E-state index contributed by atoms with van der Waals surface area (Å²) in [7, 11) is 0. The van der Waals surface area contributed by atoms with Gasteiger partial charge in [0.15, 0.2) is 0 Å². The fourth-order valence-corrected chi connectivity index (χ4v) is 1.33. The van der Waals surface area contributed by atoms with E-state index in [0.29, 0.717) is 6.61 Å². The molecule has 0 saturated heterocycles. The van der Waals surface area contributed by atoms with Gasteiger partial charge >= 0.3 is 5.97 Å². The average Bonchev–Trinajstić information content (AvgIpc) is 2.32. The number of carbonyl (C=O) groups is 1. The van der Waals surface area contributed by atoms with E-state index < -0.39 is 0 Å². The van der Waals surface area contributed by atoms with Gasteiger partial charge in [0, 0.05) is 0 Å². The second-order valence-electron chi connectivity index (χ2n) is 3.21. The molecule has 88 valence electrons. The van der Waals surface area contributed by atoms with Crippen LogP contribution in [-0.2, 0) is 9.53 Å². The monoisotopic (exact) mass is 247 g/mol. The molecule has 0 aliphatic heterocycles. The average molecular weight is 247 g/mol. The zero-order chi connectivity index (χ0) is 12.5. The van der Waals surface area contributed by atoms with Crippen LogP contribution in [0.3, 0.4) is 0 Å². The molecule has 0 unspecified atom stereocenters. The minimum atomic E-state index is -0.217. The first-order valence-electron chi connectivity index (χ1n) is 5.26. The molecule has 0 saturated carbocycles. The van der Waals surface area contributed by atoms with E-state index in [9.17, 15) is 4.79 Å². The van der Waals surface area contributed by atoms with E-state index in [4.69, 9.17) is 4.74 Å². The number of hydrogen-bond donors (Lipinski definition) is 0. The van der Waals surface area contributed by atoms with Crippen molar-refractivity contribution in [1.82, 2.24) is 0 Å². The van der Waals surface area contributed by atoms with E-state index >= 15 is 0 Å². The summed E-state index contributed by atoms with van der Waals surface area (Å²) >= 11 is 4.51. The molecular formula is C13H13NO2S. The lowest BCUT2D eigenvalue weighted by Gasteiger charge is -1.97. The highest BCUT2D eigenvalue weighted by molar-refractivity contribution is 7.78. The number of benzene rings is 1. The Bertz CT molecular complexity index is 445. The summed E-state index contributed by atoms with van der Waals surface area (Å²) in [6.45, 7) is 2.20. The number of aliphatic imine (C=N–C) groups is 1. The van der Waals surface area contributed by atoms with Crippen LogP contribution in [0.25, 0.3) is 6.08 Å². The molecular weight excluding hydrogens is 234 g/mol. The van der Waals surface area contributed by atoms with Crippen LogP contribution < -0.4 is 0 Å². The van der Waals surface area contributed by atoms with E-state index in [0.717, 1.165) is 11.3 Å². The predicted octanol–water partition coefficient (Wildman–Crippen LogP) is 3.39. The lowest BCUT2D eigenvalue weighted by Crippen LogP contribution is -2.01. The Hall–Kier alpha value is -1.77. The first-order valence-corrected chi connectivity index (χ1v) is 5.67. The third-order valence-electron chi connectivity index (χ3n) is 1.97. The Morgan fingerprint density at radius 3 is 2.76 bits per heavy atom. The Kier molecular flexibility index (Phi) is 5.86. The molecule has 1 aromatic carbocycles. The number of carbonyl (C=O) groups excluding carboxylic acids is 1. The topological polar surface area (TPSA) is 38.7 Å². The van der Waals surface area contributed by atoms with Crippen molar-refractivity contribution in [2.24, 2.45) is 4.99 Å². The Morgan fingerprint density at radius 2 is 2.18 bits per heavy atom. The number of isothiocyanates is 1. The predicted molar refractivity (Wildman–Crippen MR) is 71.4 cm³/mol. The van der Waals surface area contributed by atoms with Crippen molar-refractivity contribution in [2.45, 2.75) is 13.3 Å². The van der Waals surface area contributed by atoms with Gasteiger partial charge in [0.25, 0.3) is 0 Å². The van der Waals surface area contributed by atoms with Gasteiger partial charge in [0.2, 0.25) is 0 Å². The maximum atomic E-state index is 11.1. The van der Waals surface area contributed by atoms with Crippen molar-refractivity contribution in [1.29, 1.82) is 0 Å². The van der Waals surface area contributed by atoms with Gasteiger partial charge in [0.1, 0.15) is 0 Å². The molecule has 4 heteroatoms. The number of ether oxygens (including phenoxy) is 1. The lowest BCUT2D eigenvalue weighted by atomic mass is 10.2. The van der Waals surface area contributed by atoms with Crippen LogP contribution in [0, 0.1) is 0 Å². The number of nitrogens with zero attached hydrogens (tertiary/aromatic N) is 1. The summed E-state index contributed by atoms with van der Waals surface area (Å²) in [6.07, 6.45) is 3.92. The quantitative estimate of drug-likeness (QED) is 0.455. The summed E-state index contributed by atoms with van der Waals surface area (Å²) in [4.78, 5) is 14.9. The van der Waals surface area contributed by atoms with Crippen molar-refractivity contribution in [3.63, 3.8) is 0 Å². The van der Waals surface area contributed by atoms with Gasteiger partial charge in [-0.2, -0.15) is 4.99 Å². The fourth-order valence-electron chi connectivity index (χ4n) is 1.22. The Balaban J connectivity index is 2.54. The summed E-state index contributed by atoms with van der Waals surface area (Å²) in [6, 6.07) is 7.47. The van der Waals surface area contributed by atoms with Crippen LogP contribution in [0.4, 0.5) is 5.69 Å². The van der Waals surface area contributed by atoms with Gasteiger partial charge in [-0.3, -0.25) is 4.79 Å². The van der Waals surface area contributed by atoms with Gasteiger partial charge in [-0.05, 0) is 36.8 Å². The molecule has 0 aromatic heterocycles. The maximum absolute atomic E-state index is 11.1. The highest BCUT2D eigenvalue weighted by Crippen LogP contribution is 2.13. The van der Waals surface area contributed by atoms with Gasteiger partial charge in [-0.15, -0.1) is 0 Å². The number of rotatable bonds is 5. The van der Waals surface area contributed by atoms with Crippen LogP contribution in [0.2, 0.25) is 0 Å². The number of esters is 1. The Morgan fingerprint density at radius 1 is 1.47 bits per heavy atom. The van der Waals surface area contributed by atoms with E-state index in [1.54, 1.807) is 13.0 Å². The van der Waals surface area contributed by atoms with Crippen molar-refractivity contribution < 1.29 is 9.53 Å². The van der Waals surface area contributed by atoms with E-state index in [1.807, 2.05) is 30.3 Å². The van der Waals surface area contributed by atoms with E-state index in [-0.39, 0.29) is 12.4 Å². The third-order valence-corrected chi connectivity index (χ3v) is 2.06. The van der Waals surface area contributed by atoms with Crippen molar-refractivity contribution in [3.8, 4) is 0 Å². The molecule has 0 aliphatic carbocycles. The van der Waals surface area contributed by atoms with Crippen LogP contribution in [0.5, 0.6) is 0 Å². The van der Waals surface area contributed by atoms with Gasteiger partial charge in [0.05, 0.1) is 23.9 Å². The molecule has 1 aromatic rings. The summed E-state index contributed by atoms with van der Waals surface area (Å²) in [5.41, 5.74) is 1.76. The largest absolute Gasteiger partial charge is 0.466 e. The van der Waals surface area contributed by atoms with Gasteiger partial charge < -0.3 is 4.74 Å².